The van der Waals surface area contributed by atoms with Crippen LogP contribution in [-0.4, -0.2) is 27.6 Å². The number of ether oxygens (including phenoxy) is 3. The van der Waals surface area contributed by atoms with E-state index in [0.717, 1.165) is 11.3 Å². The van der Waals surface area contributed by atoms with E-state index in [-0.39, 0.29) is 11.5 Å². The van der Waals surface area contributed by atoms with Gasteiger partial charge in [-0.25, -0.2) is 13.2 Å². The predicted octanol–water partition coefficient (Wildman–Crippen LogP) is 9.45. The molecular formula is C30H27BF6O4. The summed E-state index contributed by atoms with van der Waals surface area (Å²) in [5.41, 5.74) is 2.82. The Kier molecular flexibility index (Phi) is 10.9. The molecule has 3 aromatic carbocycles. The van der Waals surface area contributed by atoms with Crippen molar-refractivity contribution in [2.24, 2.45) is 0 Å². The molecule has 0 amide bonds. The monoisotopic (exact) mass is 576 g/mol. The van der Waals surface area contributed by atoms with Crippen LogP contribution < -0.4 is 14.2 Å². The maximum atomic E-state index is 14.6. The lowest BCUT2D eigenvalue weighted by Crippen LogP contribution is -2.02. The second-order valence-electron chi connectivity index (χ2n) is 8.37. The summed E-state index contributed by atoms with van der Waals surface area (Å²) in [7, 11) is -4.38. The van der Waals surface area contributed by atoms with Gasteiger partial charge < -0.3 is 31.5 Å². The molecule has 0 saturated heterocycles. The first kappa shape index (κ1) is 31.1. The lowest BCUT2D eigenvalue weighted by molar-refractivity contribution is 0.321. The van der Waals surface area contributed by atoms with Gasteiger partial charge in [0.25, 0.3) is 0 Å². The van der Waals surface area contributed by atoms with Crippen LogP contribution in [0.1, 0.15) is 25.2 Å². The van der Waals surface area contributed by atoms with Gasteiger partial charge in [0.1, 0.15) is 5.75 Å². The molecule has 0 fully saturated rings. The Morgan fingerprint density at radius 3 is 1.73 bits per heavy atom. The van der Waals surface area contributed by atoms with Crippen LogP contribution in [0, 0.1) is 11.6 Å². The molecule has 4 rings (SSSR count). The molecule has 4 nitrogen and oxygen atoms in total. The molecule has 1 aromatic heterocycles. The van der Waals surface area contributed by atoms with Crippen LogP contribution >= 0.6 is 0 Å². The molecule has 0 spiro atoms. The minimum Gasteiger partial charge on any atom is -0.497 e. The van der Waals surface area contributed by atoms with Gasteiger partial charge in [0.05, 0.1) is 38.0 Å². The van der Waals surface area contributed by atoms with Gasteiger partial charge in [0.15, 0.2) is 23.1 Å². The number of halogens is 6. The molecule has 1 heterocycles. The van der Waals surface area contributed by atoms with Crippen molar-refractivity contribution in [2.45, 2.75) is 13.8 Å². The zero-order valence-electron chi connectivity index (χ0n) is 22.5. The van der Waals surface area contributed by atoms with Crippen LogP contribution in [0.3, 0.4) is 0 Å². The third-order valence-electron chi connectivity index (χ3n) is 5.45. The molecule has 11 heteroatoms. The van der Waals surface area contributed by atoms with E-state index in [1.165, 1.54) is 12.1 Å². The molecule has 0 atom stereocenters. The highest BCUT2D eigenvalue weighted by Gasteiger charge is 2.21. The Hall–Kier alpha value is -4.41. The van der Waals surface area contributed by atoms with E-state index in [9.17, 15) is 26.0 Å². The summed E-state index contributed by atoms with van der Waals surface area (Å²) in [5.74, 6) is 1.12. The molecule has 0 bridgehead atoms. The summed E-state index contributed by atoms with van der Waals surface area (Å²) >= 11 is 0. The Morgan fingerprint density at radius 1 is 0.683 bits per heavy atom. The number of hydrogen-bond acceptors (Lipinski definition) is 3. The normalized spacial score (nSPS) is 11.1. The molecule has 0 radical (unpaired) electrons. The maximum absolute atomic E-state index is 14.6. The highest BCUT2D eigenvalue weighted by molar-refractivity contribution is 6.50. The van der Waals surface area contributed by atoms with E-state index in [0.29, 0.717) is 41.4 Å². The van der Waals surface area contributed by atoms with Gasteiger partial charge in [-0.1, -0.05) is 18.2 Å². The number of rotatable bonds is 9. The number of benzene rings is 3. The SMILES string of the molecule is CCOc1ccc(-c2cc(/C=C/c3ccc(OC)cc3)[o+]c(-c3ccc(OCC)c(F)c3)c2)cc1F.F[B-](F)(F)F. The van der Waals surface area contributed by atoms with Crippen molar-refractivity contribution in [1.29, 1.82) is 0 Å². The van der Waals surface area contributed by atoms with E-state index in [1.54, 1.807) is 51.3 Å². The average Bonchev–Trinajstić information content (AvgIpc) is 2.93. The third kappa shape index (κ3) is 9.63. The van der Waals surface area contributed by atoms with Crippen LogP contribution in [0.5, 0.6) is 17.2 Å². The van der Waals surface area contributed by atoms with Gasteiger partial charge in [-0.3, -0.25) is 0 Å². The highest BCUT2D eigenvalue weighted by atomic mass is 19.5. The molecule has 0 aliphatic heterocycles. The molecule has 0 aliphatic carbocycles. The first-order chi connectivity index (χ1) is 19.5. The Bertz CT molecular complexity index is 1390. The van der Waals surface area contributed by atoms with Crippen molar-refractivity contribution in [3.05, 3.63) is 95.8 Å². The smallest absolute Gasteiger partial charge is 0.497 e. The molecule has 0 aliphatic rings. The van der Waals surface area contributed by atoms with Gasteiger partial charge >= 0.3 is 18.8 Å². The van der Waals surface area contributed by atoms with E-state index in [1.807, 2.05) is 42.5 Å². The summed E-state index contributed by atoms with van der Waals surface area (Å²) in [6.07, 6.45) is 3.70. The van der Waals surface area contributed by atoms with Crippen molar-refractivity contribution < 1.29 is 44.7 Å². The maximum Gasteiger partial charge on any atom is 0.673 e. The van der Waals surface area contributed by atoms with Crippen LogP contribution in [0.15, 0.2) is 77.2 Å². The number of hydrogen-bond donors (Lipinski definition) is 0. The Balaban J connectivity index is 0.000000850. The van der Waals surface area contributed by atoms with Gasteiger partial charge in [-0.15, -0.1) is 0 Å². The third-order valence-corrected chi connectivity index (χ3v) is 5.45. The summed E-state index contributed by atoms with van der Waals surface area (Å²) < 4.78 is 90.2. The highest BCUT2D eigenvalue weighted by Crippen LogP contribution is 2.33. The van der Waals surface area contributed by atoms with Crippen molar-refractivity contribution in [3.63, 3.8) is 0 Å². The number of methoxy groups -OCH3 is 1. The second-order valence-corrected chi connectivity index (χ2v) is 8.37. The quantitative estimate of drug-likeness (QED) is 0.113. The molecule has 216 valence electrons. The standard InChI is InChI=1S/C30H27F2O4.BF4/c1-4-34-28-14-9-21(17-26(28)31)23-16-25(13-8-20-6-11-24(33-3)12-7-20)36-30(19-23)22-10-15-29(35-5-2)27(32)18-22;2-1(3,4)5/h6-19H,4-5H2,1-3H3;/q+1;-1/b13-8+;. The van der Waals surface area contributed by atoms with Gasteiger partial charge in [0.2, 0.25) is 0 Å². The van der Waals surface area contributed by atoms with Crippen molar-refractivity contribution in [1.82, 2.24) is 0 Å². The fourth-order valence-electron chi connectivity index (χ4n) is 3.69. The van der Waals surface area contributed by atoms with Gasteiger partial charge in [-0.2, -0.15) is 0 Å². The topological polar surface area (TPSA) is 39.0 Å². The van der Waals surface area contributed by atoms with E-state index in [2.05, 4.69) is 0 Å². The summed E-state index contributed by atoms with van der Waals surface area (Å²) in [6, 6.07) is 20.6. The average molecular weight is 576 g/mol. The van der Waals surface area contributed by atoms with Gasteiger partial charge in [0, 0.05) is 11.6 Å². The second kappa shape index (κ2) is 14.3. The zero-order chi connectivity index (χ0) is 30.0. The summed E-state index contributed by atoms with van der Waals surface area (Å²) in [6.45, 7) is 4.33. The fourth-order valence-corrected chi connectivity index (χ4v) is 3.69. The van der Waals surface area contributed by atoms with Crippen LogP contribution in [0.4, 0.5) is 26.0 Å². The minimum atomic E-state index is -6.00. The lowest BCUT2D eigenvalue weighted by atomic mass is 10.0. The Labute approximate surface area is 233 Å². The largest absolute Gasteiger partial charge is 0.673 e. The summed E-state index contributed by atoms with van der Waals surface area (Å²) in [5, 5.41) is 0. The predicted molar refractivity (Wildman–Crippen MR) is 148 cm³/mol. The van der Waals surface area contributed by atoms with Crippen LogP contribution in [0.25, 0.3) is 34.6 Å². The van der Waals surface area contributed by atoms with Gasteiger partial charge in [-0.05, 0) is 73.5 Å². The molecule has 0 saturated carbocycles. The van der Waals surface area contributed by atoms with Crippen LogP contribution in [-0.2, 0) is 0 Å². The van der Waals surface area contributed by atoms with Crippen molar-refractivity contribution in [3.8, 4) is 39.7 Å². The van der Waals surface area contributed by atoms with Crippen molar-refractivity contribution in [2.75, 3.05) is 20.3 Å². The van der Waals surface area contributed by atoms with E-state index >= 15 is 0 Å². The first-order valence-corrected chi connectivity index (χ1v) is 12.5. The molecule has 41 heavy (non-hydrogen) atoms. The molecule has 0 N–H and O–H groups in total. The first-order valence-electron chi connectivity index (χ1n) is 12.5. The molecule has 0 unspecified atom stereocenters. The molecular weight excluding hydrogens is 549 g/mol. The van der Waals surface area contributed by atoms with E-state index < -0.39 is 18.9 Å². The van der Waals surface area contributed by atoms with Crippen molar-refractivity contribution >= 4 is 19.4 Å². The zero-order valence-corrected chi connectivity index (χ0v) is 22.5. The van der Waals surface area contributed by atoms with Crippen LogP contribution in [0.2, 0.25) is 0 Å². The minimum absolute atomic E-state index is 0.172. The fraction of sp³-hybridized carbons (Fsp3) is 0.167. The lowest BCUT2D eigenvalue weighted by Gasteiger charge is -2.07. The molecule has 4 aromatic rings. The summed E-state index contributed by atoms with van der Waals surface area (Å²) in [4.78, 5) is 0. The van der Waals surface area contributed by atoms with E-state index in [4.69, 9.17) is 18.6 Å². The Morgan fingerprint density at radius 2 is 1.22 bits per heavy atom.